The second-order valence-electron chi connectivity index (χ2n) is 8.41. The zero-order valence-electron chi connectivity index (χ0n) is 17.7. The zero-order valence-corrected chi connectivity index (χ0v) is 17.7. The van der Waals surface area contributed by atoms with E-state index in [0.29, 0.717) is 0 Å². The molecule has 3 aliphatic rings. The molecule has 0 spiro atoms. The Hall–Kier alpha value is -0.600. The van der Waals surface area contributed by atoms with Crippen molar-refractivity contribution in [2.45, 2.75) is 99.0 Å². The number of aliphatic hydroxyl groups is 9. The molecule has 0 bridgehead atoms. The molecule has 0 aromatic carbocycles. The molecule has 3 rings (SSSR count). The van der Waals surface area contributed by atoms with Crippen molar-refractivity contribution in [1.29, 1.82) is 0 Å². The first-order valence-electron chi connectivity index (χ1n) is 10.5. The summed E-state index contributed by atoms with van der Waals surface area (Å²) in [5, 5.41) is 90.2. The van der Waals surface area contributed by atoms with Gasteiger partial charge in [-0.15, -0.1) is 0 Å². The van der Waals surface area contributed by atoms with E-state index in [-0.39, 0.29) is 0 Å². The van der Waals surface area contributed by atoms with Crippen LogP contribution >= 0.6 is 0 Å². The molecule has 0 aromatic rings. The van der Waals surface area contributed by atoms with Crippen LogP contribution in [0.5, 0.6) is 0 Å². The summed E-state index contributed by atoms with van der Waals surface area (Å²) in [4.78, 5) is 0. The average molecular weight is 487 g/mol. The van der Waals surface area contributed by atoms with E-state index in [9.17, 15) is 46.0 Å². The fourth-order valence-electron chi connectivity index (χ4n) is 4.04. The maximum absolute atomic E-state index is 10.6. The lowest BCUT2D eigenvalue weighted by atomic mass is 9.96. The highest BCUT2D eigenvalue weighted by Crippen LogP contribution is 2.31. The van der Waals surface area contributed by atoms with Gasteiger partial charge in [0.1, 0.15) is 61.0 Å². The van der Waals surface area contributed by atoms with Gasteiger partial charge in [-0.3, -0.25) is 0 Å². The van der Waals surface area contributed by atoms with Gasteiger partial charge in [-0.25, -0.2) is 0 Å². The van der Waals surface area contributed by atoms with Gasteiger partial charge in [0.25, 0.3) is 0 Å². The predicted octanol–water partition coefficient (Wildman–Crippen LogP) is -6.58. The SMILES string of the molecule is C[C@H]1O[C@H](O[C@H]2[C@H](O)[C@@H](O)[C@@H](O[C@H]3[C@H](O)[C@@H](O)[C@@H](O)O[C@@H]3CO)O[C@@H]2CO)[C@H](O)[C@@H](O)[C@@H]1N. The highest BCUT2D eigenvalue weighted by Gasteiger charge is 2.52. The zero-order chi connectivity index (χ0) is 24.6. The molecule has 0 aliphatic carbocycles. The van der Waals surface area contributed by atoms with E-state index in [0.717, 1.165) is 0 Å². The summed E-state index contributed by atoms with van der Waals surface area (Å²) in [5.74, 6) is 0. The average Bonchev–Trinajstić information content (AvgIpc) is 2.80. The molecule has 0 saturated carbocycles. The van der Waals surface area contributed by atoms with Crippen molar-refractivity contribution in [3.8, 4) is 0 Å². The highest BCUT2D eigenvalue weighted by molar-refractivity contribution is 4.96. The van der Waals surface area contributed by atoms with Crippen LogP contribution in [0.2, 0.25) is 0 Å². The molecule has 0 radical (unpaired) electrons. The molecule has 194 valence electrons. The van der Waals surface area contributed by atoms with Crippen LogP contribution in [-0.4, -0.2) is 151 Å². The first kappa shape index (κ1) is 27.0. The smallest absolute Gasteiger partial charge is 0.187 e. The van der Waals surface area contributed by atoms with Gasteiger partial charge in [0, 0.05) is 0 Å². The Morgan fingerprint density at radius 2 is 1.09 bits per heavy atom. The summed E-state index contributed by atoms with van der Waals surface area (Å²) < 4.78 is 26.8. The van der Waals surface area contributed by atoms with Crippen LogP contribution in [-0.2, 0) is 23.7 Å². The lowest BCUT2D eigenvalue weighted by Crippen LogP contribution is -2.66. The van der Waals surface area contributed by atoms with Gasteiger partial charge < -0.3 is 75.4 Å². The Labute approximate surface area is 188 Å². The second kappa shape index (κ2) is 11.0. The summed E-state index contributed by atoms with van der Waals surface area (Å²) in [6.07, 6.45) is -21.4. The first-order chi connectivity index (χ1) is 15.5. The maximum Gasteiger partial charge on any atom is 0.187 e. The van der Waals surface area contributed by atoms with E-state index in [1.165, 1.54) is 6.92 Å². The van der Waals surface area contributed by atoms with Crippen molar-refractivity contribution >= 4 is 0 Å². The largest absolute Gasteiger partial charge is 0.394 e. The Bertz CT molecular complexity index is 627. The molecular weight excluding hydrogens is 454 g/mol. The molecule has 0 unspecified atom stereocenters. The van der Waals surface area contributed by atoms with E-state index in [4.69, 9.17) is 29.4 Å². The maximum atomic E-state index is 10.6. The normalized spacial score (nSPS) is 53.7. The fourth-order valence-corrected chi connectivity index (χ4v) is 4.04. The van der Waals surface area contributed by atoms with Crippen molar-refractivity contribution in [2.75, 3.05) is 13.2 Å². The Morgan fingerprint density at radius 1 is 0.636 bits per heavy atom. The summed E-state index contributed by atoms with van der Waals surface area (Å²) in [6.45, 7) is 0.0570. The summed E-state index contributed by atoms with van der Waals surface area (Å²) in [6, 6.07) is -0.901. The number of hydrogen-bond donors (Lipinski definition) is 10. The van der Waals surface area contributed by atoms with Crippen molar-refractivity contribution in [3.05, 3.63) is 0 Å². The minimum Gasteiger partial charge on any atom is -0.394 e. The lowest BCUT2D eigenvalue weighted by Gasteiger charge is -2.47. The Kier molecular flexibility index (Phi) is 8.99. The van der Waals surface area contributed by atoms with Gasteiger partial charge in [0.05, 0.1) is 25.4 Å². The minimum atomic E-state index is -1.83. The lowest BCUT2D eigenvalue weighted by molar-refractivity contribution is -0.373. The molecule has 0 amide bonds. The van der Waals surface area contributed by atoms with Crippen LogP contribution in [0.15, 0.2) is 0 Å². The van der Waals surface area contributed by atoms with Crippen LogP contribution in [0.1, 0.15) is 6.92 Å². The van der Waals surface area contributed by atoms with Crippen LogP contribution in [0, 0.1) is 0 Å². The highest BCUT2D eigenvalue weighted by atomic mass is 16.7. The van der Waals surface area contributed by atoms with Gasteiger partial charge in [0.15, 0.2) is 18.9 Å². The van der Waals surface area contributed by atoms with Crippen molar-refractivity contribution in [2.24, 2.45) is 5.73 Å². The Morgan fingerprint density at radius 3 is 1.64 bits per heavy atom. The second-order valence-corrected chi connectivity index (χ2v) is 8.41. The molecule has 15 nitrogen and oxygen atoms in total. The van der Waals surface area contributed by atoms with Gasteiger partial charge in [-0.2, -0.15) is 0 Å². The molecular formula is C18H33NO14. The minimum absolute atomic E-state index is 0.728. The van der Waals surface area contributed by atoms with Crippen LogP contribution in [0.25, 0.3) is 0 Å². The van der Waals surface area contributed by atoms with Gasteiger partial charge >= 0.3 is 0 Å². The van der Waals surface area contributed by atoms with Gasteiger partial charge in [0.2, 0.25) is 0 Å². The van der Waals surface area contributed by atoms with Crippen molar-refractivity contribution < 1.29 is 69.6 Å². The first-order valence-corrected chi connectivity index (χ1v) is 10.5. The van der Waals surface area contributed by atoms with Crippen LogP contribution < -0.4 is 5.73 Å². The van der Waals surface area contributed by atoms with E-state index in [1.54, 1.807) is 0 Å². The number of aliphatic hydroxyl groups excluding tert-OH is 9. The molecule has 15 heteroatoms. The molecule has 3 aliphatic heterocycles. The monoisotopic (exact) mass is 487 g/mol. The number of rotatable bonds is 6. The van der Waals surface area contributed by atoms with Crippen LogP contribution in [0.4, 0.5) is 0 Å². The molecule has 3 fully saturated rings. The summed E-state index contributed by atoms with van der Waals surface area (Å²) in [5.41, 5.74) is 5.73. The van der Waals surface area contributed by atoms with E-state index in [1.807, 2.05) is 0 Å². The third kappa shape index (κ3) is 5.32. The molecule has 11 N–H and O–H groups in total. The van der Waals surface area contributed by atoms with Crippen molar-refractivity contribution in [3.63, 3.8) is 0 Å². The van der Waals surface area contributed by atoms with Crippen molar-refractivity contribution in [1.82, 2.24) is 0 Å². The van der Waals surface area contributed by atoms with Gasteiger partial charge in [-0.05, 0) is 6.92 Å². The van der Waals surface area contributed by atoms with E-state index in [2.05, 4.69) is 0 Å². The number of ether oxygens (including phenoxy) is 5. The summed E-state index contributed by atoms with van der Waals surface area (Å²) in [7, 11) is 0. The molecule has 33 heavy (non-hydrogen) atoms. The topological polar surface area (TPSA) is 254 Å². The third-order valence-corrected chi connectivity index (χ3v) is 6.16. The van der Waals surface area contributed by atoms with E-state index < -0.39 is 105 Å². The molecule has 15 atom stereocenters. The predicted molar refractivity (Wildman–Crippen MR) is 102 cm³/mol. The molecule has 3 saturated heterocycles. The summed E-state index contributed by atoms with van der Waals surface area (Å²) >= 11 is 0. The third-order valence-electron chi connectivity index (χ3n) is 6.16. The fraction of sp³-hybridized carbons (Fsp3) is 1.00. The van der Waals surface area contributed by atoms with E-state index >= 15 is 0 Å². The molecule has 0 aromatic heterocycles. The standard InChI is InChI=1S/C18H33NO14/c1-4-7(19)8(22)12(26)17(29-4)32-15-6(3-21)31-18(13(27)10(15)24)33-14-5(2-20)30-16(28)11(25)9(14)23/h4-18,20-28H,2-3,19H2,1H3/t4-,5-,6-,7-,8+,9-,10-,11-,12-,13-,14-,15-,16+,17-,18-/m1/s1. The number of nitrogens with two attached hydrogens (primary N) is 1. The quantitative estimate of drug-likeness (QED) is 0.167. The number of hydrogen-bond acceptors (Lipinski definition) is 15. The molecule has 3 heterocycles. The van der Waals surface area contributed by atoms with Crippen LogP contribution in [0.3, 0.4) is 0 Å². The Balaban J connectivity index is 1.71. The van der Waals surface area contributed by atoms with Gasteiger partial charge in [-0.1, -0.05) is 0 Å².